The molecule has 4 N–H and O–H groups in total. The van der Waals surface area contributed by atoms with Crippen molar-refractivity contribution in [3.63, 3.8) is 0 Å². The highest BCUT2D eigenvalue weighted by Crippen LogP contribution is 2.25. The molecule has 1 amide bonds. The summed E-state index contributed by atoms with van der Waals surface area (Å²) < 4.78 is 5.83. The Morgan fingerprint density at radius 1 is 1.45 bits per heavy atom. The first-order valence-corrected chi connectivity index (χ1v) is 10.1. The van der Waals surface area contributed by atoms with Gasteiger partial charge in [-0.25, -0.2) is 4.98 Å². The van der Waals surface area contributed by atoms with E-state index in [1.54, 1.807) is 13.2 Å². The van der Waals surface area contributed by atoms with Gasteiger partial charge in [-0.1, -0.05) is 6.07 Å². The van der Waals surface area contributed by atoms with Crippen LogP contribution in [0.15, 0.2) is 23.3 Å². The zero-order valence-corrected chi connectivity index (χ0v) is 19.6. The standard InChI is InChI=1S/C20H32N6O2.HI/c1-20(8-5-11-28-20)14-25-19(22-2)24-12-15-6-3-9-23-18(15)26-10-4-7-16(13-26)17(21)27;/h3,6,9,16H,4-5,7-8,10-14H2,1-2H3,(H2,21,27)(H2,22,24,25);1H. The Morgan fingerprint density at radius 3 is 2.97 bits per heavy atom. The van der Waals surface area contributed by atoms with Crippen LogP contribution in [0.3, 0.4) is 0 Å². The van der Waals surface area contributed by atoms with Crippen molar-refractivity contribution in [2.45, 2.75) is 44.8 Å². The molecule has 0 aliphatic carbocycles. The molecule has 29 heavy (non-hydrogen) atoms. The van der Waals surface area contributed by atoms with Crippen molar-refractivity contribution in [2.24, 2.45) is 16.6 Å². The fourth-order valence-corrected chi connectivity index (χ4v) is 3.90. The van der Waals surface area contributed by atoms with Gasteiger partial charge in [0.05, 0.1) is 11.5 Å². The number of nitrogens with one attached hydrogen (secondary N) is 2. The lowest BCUT2D eigenvalue weighted by molar-refractivity contribution is -0.122. The smallest absolute Gasteiger partial charge is 0.222 e. The third-order valence-corrected chi connectivity index (χ3v) is 5.59. The van der Waals surface area contributed by atoms with Crippen LogP contribution in [0.4, 0.5) is 5.82 Å². The van der Waals surface area contributed by atoms with Gasteiger partial charge in [0.1, 0.15) is 5.82 Å². The number of ether oxygens (including phenoxy) is 1. The first-order valence-electron chi connectivity index (χ1n) is 10.1. The highest BCUT2D eigenvalue weighted by molar-refractivity contribution is 14.0. The minimum atomic E-state index is -0.229. The van der Waals surface area contributed by atoms with Crippen LogP contribution in [0.5, 0.6) is 0 Å². The van der Waals surface area contributed by atoms with Crippen molar-refractivity contribution in [1.29, 1.82) is 0 Å². The predicted octanol–water partition coefficient (Wildman–Crippen LogP) is 1.64. The zero-order valence-electron chi connectivity index (χ0n) is 17.3. The molecule has 0 spiro atoms. The molecule has 162 valence electrons. The highest BCUT2D eigenvalue weighted by atomic mass is 127. The molecule has 2 saturated heterocycles. The topological polar surface area (TPSA) is 105 Å². The summed E-state index contributed by atoms with van der Waals surface area (Å²) in [4.78, 5) is 22.7. The van der Waals surface area contributed by atoms with E-state index in [0.717, 1.165) is 62.7 Å². The van der Waals surface area contributed by atoms with Crippen molar-refractivity contribution < 1.29 is 9.53 Å². The summed E-state index contributed by atoms with van der Waals surface area (Å²) in [6, 6.07) is 3.98. The van der Waals surface area contributed by atoms with E-state index in [2.05, 4.69) is 38.5 Å². The number of halogens is 1. The molecule has 9 heteroatoms. The number of pyridine rings is 1. The van der Waals surface area contributed by atoms with Gasteiger partial charge in [-0.2, -0.15) is 0 Å². The maximum atomic E-state index is 11.6. The summed E-state index contributed by atoms with van der Waals surface area (Å²) in [6.45, 7) is 5.78. The molecule has 2 unspecified atom stereocenters. The molecule has 0 radical (unpaired) electrons. The zero-order chi connectivity index (χ0) is 20.0. The lowest BCUT2D eigenvalue weighted by atomic mass is 9.97. The summed E-state index contributed by atoms with van der Waals surface area (Å²) in [5, 5.41) is 6.73. The maximum absolute atomic E-state index is 11.6. The van der Waals surface area contributed by atoms with Crippen LogP contribution < -0.4 is 21.3 Å². The van der Waals surface area contributed by atoms with E-state index in [-0.39, 0.29) is 41.4 Å². The van der Waals surface area contributed by atoms with E-state index in [9.17, 15) is 4.79 Å². The maximum Gasteiger partial charge on any atom is 0.222 e. The highest BCUT2D eigenvalue weighted by Gasteiger charge is 2.30. The second-order valence-corrected chi connectivity index (χ2v) is 7.85. The monoisotopic (exact) mass is 516 g/mol. The number of primary amides is 1. The number of carbonyl (C=O) groups is 1. The normalized spacial score (nSPS) is 24.7. The van der Waals surface area contributed by atoms with Crippen LogP contribution in [0, 0.1) is 5.92 Å². The summed E-state index contributed by atoms with van der Waals surface area (Å²) >= 11 is 0. The van der Waals surface area contributed by atoms with Crippen LogP contribution in [0.25, 0.3) is 0 Å². The van der Waals surface area contributed by atoms with E-state index in [1.807, 2.05) is 6.07 Å². The van der Waals surface area contributed by atoms with Gasteiger partial charge in [-0.05, 0) is 38.7 Å². The molecular formula is C20H33IN6O2. The Hall–Kier alpha value is -1.62. The van der Waals surface area contributed by atoms with Gasteiger partial charge in [0, 0.05) is 51.6 Å². The Bertz CT molecular complexity index is 708. The number of rotatable bonds is 6. The lowest BCUT2D eigenvalue weighted by Gasteiger charge is -2.33. The SMILES string of the molecule is CN=C(NCc1cccnc1N1CCCC(C(N)=O)C1)NCC1(C)CCCO1.I. The Balaban J connectivity index is 0.00000300. The van der Waals surface area contributed by atoms with Crippen LogP contribution in [-0.2, 0) is 16.1 Å². The first kappa shape index (κ1) is 23.7. The number of carbonyl (C=O) groups excluding carboxylic acids is 1. The largest absolute Gasteiger partial charge is 0.373 e. The van der Waals surface area contributed by atoms with Crippen molar-refractivity contribution >= 4 is 41.7 Å². The molecule has 2 aliphatic heterocycles. The fourth-order valence-electron chi connectivity index (χ4n) is 3.90. The molecule has 2 atom stereocenters. The van der Waals surface area contributed by atoms with Crippen molar-refractivity contribution in [1.82, 2.24) is 15.6 Å². The van der Waals surface area contributed by atoms with Gasteiger partial charge in [0.25, 0.3) is 0 Å². The summed E-state index contributed by atoms with van der Waals surface area (Å²) in [5.74, 6) is 1.30. The van der Waals surface area contributed by atoms with E-state index in [4.69, 9.17) is 10.5 Å². The molecule has 1 aromatic rings. The number of hydrogen-bond donors (Lipinski definition) is 3. The second kappa shape index (κ2) is 11.0. The minimum Gasteiger partial charge on any atom is -0.373 e. The molecule has 1 aromatic heterocycles. The van der Waals surface area contributed by atoms with Gasteiger partial charge < -0.3 is 26.0 Å². The van der Waals surface area contributed by atoms with Crippen LogP contribution >= 0.6 is 24.0 Å². The Labute approximate surface area is 190 Å². The third kappa shape index (κ3) is 6.43. The average molecular weight is 516 g/mol. The molecule has 0 aromatic carbocycles. The molecule has 2 fully saturated rings. The van der Waals surface area contributed by atoms with Gasteiger partial charge in [0.2, 0.25) is 5.91 Å². The molecule has 2 aliphatic rings. The van der Waals surface area contributed by atoms with Crippen LogP contribution in [-0.4, -0.2) is 55.7 Å². The number of aliphatic imine (C=N–C) groups is 1. The minimum absolute atomic E-state index is 0. The molecule has 3 heterocycles. The Kier molecular flexibility index (Phi) is 8.94. The lowest BCUT2D eigenvalue weighted by Crippen LogP contribution is -2.45. The number of guanidine groups is 1. The van der Waals surface area contributed by atoms with E-state index < -0.39 is 0 Å². The number of aromatic nitrogens is 1. The molecule has 8 nitrogen and oxygen atoms in total. The number of hydrogen-bond acceptors (Lipinski definition) is 5. The Morgan fingerprint density at radius 2 is 2.28 bits per heavy atom. The van der Waals surface area contributed by atoms with Crippen molar-refractivity contribution in [3.8, 4) is 0 Å². The number of nitrogens with two attached hydrogens (primary N) is 1. The van der Waals surface area contributed by atoms with Crippen molar-refractivity contribution in [2.75, 3.05) is 38.2 Å². The van der Waals surface area contributed by atoms with E-state index in [1.165, 1.54) is 0 Å². The average Bonchev–Trinajstić information content (AvgIpc) is 3.15. The first-order chi connectivity index (χ1) is 13.5. The number of piperidine rings is 1. The van der Waals surface area contributed by atoms with Gasteiger partial charge >= 0.3 is 0 Å². The fraction of sp³-hybridized carbons (Fsp3) is 0.650. The molecular weight excluding hydrogens is 483 g/mol. The summed E-state index contributed by atoms with van der Waals surface area (Å²) in [6.07, 6.45) is 5.74. The second-order valence-electron chi connectivity index (χ2n) is 7.85. The van der Waals surface area contributed by atoms with Crippen molar-refractivity contribution in [3.05, 3.63) is 23.9 Å². The predicted molar refractivity (Wildman–Crippen MR) is 126 cm³/mol. The van der Waals surface area contributed by atoms with Crippen LogP contribution in [0.2, 0.25) is 0 Å². The summed E-state index contributed by atoms with van der Waals surface area (Å²) in [5.41, 5.74) is 6.46. The molecule has 0 bridgehead atoms. The number of amides is 1. The van der Waals surface area contributed by atoms with E-state index in [0.29, 0.717) is 13.1 Å². The van der Waals surface area contributed by atoms with Gasteiger partial charge in [-0.3, -0.25) is 9.79 Å². The van der Waals surface area contributed by atoms with Gasteiger partial charge in [0.15, 0.2) is 5.96 Å². The third-order valence-electron chi connectivity index (χ3n) is 5.59. The quantitative estimate of drug-likeness (QED) is 0.302. The number of nitrogens with zero attached hydrogens (tertiary/aromatic N) is 3. The van der Waals surface area contributed by atoms with Crippen LogP contribution in [0.1, 0.15) is 38.2 Å². The molecule has 0 saturated carbocycles. The van der Waals surface area contributed by atoms with Gasteiger partial charge in [-0.15, -0.1) is 24.0 Å². The summed E-state index contributed by atoms with van der Waals surface area (Å²) in [7, 11) is 1.76. The number of anilines is 1. The van der Waals surface area contributed by atoms with E-state index >= 15 is 0 Å². The molecule has 3 rings (SSSR count).